The first-order valence-corrected chi connectivity index (χ1v) is 13.0. The fraction of sp³-hybridized carbons (Fsp3) is 0.333. The number of rotatable bonds is 12. The molecule has 0 atom stereocenters. The van der Waals surface area contributed by atoms with E-state index in [4.69, 9.17) is 9.47 Å². The van der Waals surface area contributed by atoms with E-state index in [0.29, 0.717) is 6.54 Å². The number of ether oxygens (including phenoxy) is 2. The lowest BCUT2D eigenvalue weighted by molar-refractivity contribution is -0.385. The fourth-order valence-electron chi connectivity index (χ4n) is 3.34. The normalized spacial score (nSPS) is 11.5. The Hall–Kier alpha value is -3.88. The first-order valence-electron chi connectivity index (χ1n) is 11.5. The molecular weight excluding hydrogens is 521 g/mol. The van der Waals surface area contributed by atoms with Gasteiger partial charge in [-0.15, -0.1) is 0 Å². The van der Waals surface area contributed by atoms with Gasteiger partial charge in [-0.3, -0.25) is 14.9 Å². The second kappa shape index (κ2) is 12.1. The number of nitro benzene ring substituents is 1. The van der Waals surface area contributed by atoms with E-state index in [9.17, 15) is 27.7 Å². The lowest BCUT2D eigenvalue weighted by Crippen LogP contribution is -2.28. The van der Waals surface area contributed by atoms with Gasteiger partial charge in [0, 0.05) is 37.9 Å². The van der Waals surface area contributed by atoms with Crippen LogP contribution in [-0.2, 0) is 14.8 Å². The van der Waals surface area contributed by atoms with Crippen LogP contribution >= 0.6 is 0 Å². The highest BCUT2D eigenvalue weighted by atomic mass is 32.2. The molecule has 0 aliphatic heterocycles. The summed E-state index contributed by atoms with van der Waals surface area (Å²) in [6, 6.07) is 8.42. The Labute approximate surface area is 219 Å². The number of non-ortho nitro benzene ring substituents is 1. The Morgan fingerprint density at radius 1 is 1.24 bits per heavy atom. The van der Waals surface area contributed by atoms with Gasteiger partial charge in [-0.05, 0) is 37.1 Å². The number of nitro groups is 1. The lowest BCUT2D eigenvalue weighted by atomic mass is 10.2. The Kier molecular flexibility index (Phi) is 9.14. The first kappa shape index (κ1) is 28.7. The monoisotopic (exact) mass is 549 g/mol. The third kappa shape index (κ3) is 6.70. The van der Waals surface area contributed by atoms with Gasteiger partial charge in [0.2, 0.25) is 15.9 Å². The minimum Gasteiger partial charge on any atom is -0.437 e. The molecule has 38 heavy (non-hydrogen) atoms. The molecule has 1 aromatic heterocycles. The van der Waals surface area contributed by atoms with Crippen molar-refractivity contribution in [3.05, 3.63) is 69.7 Å². The van der Waals surface area contributed by atoms with Crippen LogP contribution in [0.2, 0.25) is 0 Å². The molecule has 2 N–H and O–H groups in total. The number of sulfonamides is 1. The van der Waals surface area contributed by atoms with Crippen molar-refractivity contribution in [1.82, 2.24) is 19.8 Å². The van der Waals surface area contributed by atoms with Crippen molar-refractivity contribution in [2.24, 2.45) is 5.92 Å². The number of aromatic nitrogens is 2. The van der Waals surface area contributed by atoms with E-state index in [2.05, 4.69) is 15.1 Å². The van der Waals surface area contributed by atoms with Gasteiger partial charge in [-0.1, -0.05) is 19.9 Å². The van der Waals surface area contributed by atoms with Crippen molar-refractivity contribution >= 4 is 21.6 Å². The molecule has 0 fully saturated rings. The van der Waals surface area contributed by atoms with Gasteiger partial charge in [-0.2, -0.15) is 9.78 Å². The average Bonchev–Trinajstić information content (AvgIpc) is 3.18. The number of nitrogens with zero attached hydrogens (tertiary/aromatic N) is 3. The zero-order valence-electron chi connectivity index (χ0n) is 21.2. The fourth-order valence-corrected chi connectivity index (χ4v) is 4.50. The van der Waals surface area contributed by atoms with Crippen molar-refractivity contribution in [1.29, 1.82) is 0 Å². The lowest BCUT2D eigenvalue weighted by Gasteiger charge is -2.14. The summed E-state index contributed by atoms with van der Waals surface area (Å²) >= 11 is 0. The van der Waals surface area contributed by atoms with Crippen LogP contribution in [0.25, 0.3) is 5.69 Å². The van der Waals surface area contributed by atoms with Crippen molar-refractivity contribution in [3.8, 4) is 17.3 Å². The maximum atomic E-state index is 14.1. The number of carbonyl (C=O) groups is 1. The minimum absolute atomic E-state index is 0.0190. The topological polar surface area (TPSA) is 155 Å². The van der Waals surface area contributed by atoms with Gasteiger partial charge in [0.15, 0.2) is 5.69 Å². The Bertz CT molecular complexity index is 1440. The molecule has 0 aliphatic rings. The highest BCUT2D eigenvalue weighted by molar-refractivity contribution is 7.89. The molecule has 0 unspecified atom stereocenters. The number of nitrogens with one attached hydrogen (secondary N) is 2. The number of hydrogen-bond donors (Lipinski definition) is 2. The minimum atomic E-state index is -4.29. The number of hydrogen-bond acceptors (Lipinski definition) is 8. The zero-order chi connectivity index (χ0) is 28.0. The number of halogens is 1. The van der Waals surface area contributed by atoms with E-state index in [-0.39, 0.29) is 47.6 Å². The van der Waals surface area contributed by atoms with Gasteiger partial charge < -0.3 is 14.8 Å². The molecule has 0 aliphatic carbocycles. The number of methoxy groups -OCH3 is 1. The highest BCUT2D eigenvalue weighted by Gasteiger charge is 2.28. The van der Waals surface area contributed by atoms with E-state index < -0.39 is 37.3 Å². The third-order valence-electron chi connectivity index (χ3n) is 5.24. The van der Waals surface area contributed by atoms with Crippen molar-refractivity contribution in [2.45, 2.75) is 25.7 Å². The van der Waals surface area contributed by atoms with Crippen LogP contribution in [0.4, 0.5) is 10.1 Å². The van der Waals surface area contributed by atoms with Crippen molar-refractivity contribution in [3.63, 3.8) is 0 Å². The molecule has 3 rings (SSSR count). The summed E-state index contributed by atoms with van der Waals surface area (Å²) in [7, 11) is -2.90. The van der Waals surface area contributed by atoms with Crippen LogP contribution < -0.4 is 14.8 Å². The smallest absolute Gasteiger partial charge is 0.272 e. The molecule has 0 spiro atoms. The number of amides is 1. The first-order chi connectivity index (χ1) is 17.9. The molecule has 0 saturated heterocycles. The van der Waals surface area contributed by atoms with Crippen LogP contribution in [0.3, 0.4) is 0 Å². The molecule has 3 aromatic rings. The molecule has 2 aromatic carbocycles. The van der Waals surface area contributed by atoms with Crippen molar-refractivity contribution < 1.29 is 32.0 Å². The third-order valence-corrected chi connectivity index (χ3v) is 6.72. The number of carbonyl (C=O) groups excluding carboxylic acids is 1. The summed E-state index contributed by atoms with van der Waals surface area (Å²) in [5, 5.41) is 18.4. The van der Waals surface area contributed by atoms with Crippen molar-refractivity contribution in [2.75, 3.05) is 26.8 Å². The molecular formula is C24H28FN5O7S. The van der Waals surface area contributed by atoms with E-state index in [1.54, 1.807) is 6.92 Å². The second-order valence-electron chi connectivity index (χ2n) is 8.66. The average molecular weight is 550 g/mol. The Balaban J connectivity index is 2.15. The zero-order valence-corrected chi connectivity index (χ0v) is 22.0. The molecule has 0 bridgehead atoms. The van der Waals surface area contributed by atoms with Crippen LogP contribution in [-0.4, -0.2) is 55.8 Å². The molecule has 1 amide bonds. The molecule has 0 saturated carbocycles. The Morgan fingerprint density at radius 2 is 1.97 bits per heavy atom. The van der Waals surface area contributed by atoms with Crippen LogP contribution in [0.5, 0.6) is 11.6 Å². The van der Waals surface area contributed by atoms with Gasteiger partial charge in [-0.25, -0.2) is 17.5 Å². The highest BCUT2D eigenvalue weighted by Crippen LogP contribution is 2.35. The predicted molar refractivity (Wildman–Crippen MR) is 136 cm³/mol. The predicted octanol–water partition coefficient (Wildman–Crippen LogP) is 3.33. The molecule has 204 valence electrons. The molecule has 12 nitrogen and oxygen atoms in total. The van der Waals surface area contributed by atoms with Crippen LogP contribution in [0.15, 0.2) is 47.4 Å². The summed E-state index contributed by atoms with van der Waals surface area (Å²) in [6.45, 7) is 5.72. The van der Waals surface area contributed by atoms with Crippen LogP contribution in [0, 0.1) is 28.8 Å². The van der Waals surface area contributed by atoms with Gasteiger partial charge in [0.1, 0.15) is 16.5 Å². The second-order valence-corrected chi connectivity index (χ2v) is 10.4. The summed E-state index contributed by atoms with van der Waals surface area (Å²) in [5.41, 5.74) is -0.0527. The maximum absolute atomic E-state index is 14.1. The summed E-state index contributed by atoms with van der Waals surface area (Å²) in [5.74, 6) is -1.26. The SMILES string of the molecule is COCCNS(=O)(=O)c1cc([N+](=O)[O-])ccc1Oc1c(C)c(C(=O)NCC(C)C)nn1-c1cccc(F)c1. The Morgan fingerprint density at radius 3 is 2.61 bits per heavy atom. The van der Waals surface area contributed by atoms with E-state index in [1.165, 1.54) is 30.0 Å². The van der Waals surface area contributed by atoms with E-state index in [0.717, 1.165) is 24.3 Å². The molecule has 0 radical (unpaired) electrons. The van der Waals surface area contributed by atoms with Gasteiger partial charge in [0.05, 0.1) is 17.2 Å². The van der Waals surface area contributed by atoms with Crippen LogP contribution in [0.1, 0.15) is 29.9 Å². The molecule has 14 heteroatoms. The molecule has 1 heterocycles. The summed E-state index contributed by atoms with van der Waals surface area (Å²) < 4.78 is 54.4. The van der Waals surface area contributed by atoms with E-state index >= 15 is 0 Å². The standard InChI is InChI=1S/C24H28FN5O7S/c1-15(2)14-26-23(31)22-16(3)24(29(28-22)18-7-5-6-17(25)12-18)37-20-9-8-19(30(32)33)13-21(20)38(34,35)27-10-11-36-4/h5-9,12-13,15,27H,10-11,14H2,1-4H3,(H,26,31). The number of benzene rings is 2. The maximum Gasteiger partial charge on any atom is 0.272 e. The van der Waals surface area contributed by atoms with Gasteiger partial charge >= 0.3 is 0 Å². The van der Waals surface area contributed by atoms with Gasteiger partial charge in [0.25, 0.3) is 11.6 Å². The van der Waals surface area contributed by atoms with E-state index in [1.807, 2.05) is 13.8 Å². The summed E-state index contributed by atoms with van der Waals surface area (Å²) in [6.07, 6.45) is 0. The quantitative estimate of drug-likeness (QED) is 0.198. The summed E-state index contributed by atoms with van der Waals surface area (Å²) in [4.78, 5) is 23.0. The largest absolute Gasteiger partial charge is 0.437 e.